The molecule has 0 unspecified atom stereocenters. The number of amides is 2. The highest BCUT2D eigenvalue weighted by Gasteiger charge is 2.51. The van der Waals surface area contributed by atoms with E-state index in [9.17, 15) is 9.90 Å². The lowest BCUT2D eigenvalue weighted by Gasteiger charge is -2.56. The summed E-state index contributed by atoms with van der Waals surface area (Å²) in [5, 5.41) is 17.0. The Balaban J connectivity index is 0.846. The van der Waals surface area contributed by atoms with Gasteiger partial charge in [-0.2, -0.15) is 0 Å². The number of benzene rings is 5. The number of carbonyl (C=O) groups excluding carboxylic acids is 1. The molecule has 1 aliphatic heterocycles. The van der Waals surface area contributed by atoms with E-state index in [0.717, 1.165) is 93.0 Å². The fourth-order valence-electron chi connectivity index (χ4n) is 10.6. The second-order valence-corrected chi connectivity index (χ2v) is 18.3. The van der Waals surface area contributed by atoms with E-state index >= 15 is 0 Å². The van der Waals surface area contributed by atoms with E-state index in [1.165, 1.54) is 19.3 Å². The summed E-state index contributed by atoms with van der Waals surface area (Å²) >= 11 is 1.55. The second-order valence-electron chi connectivity index (χ2n) is 17.3. The van der Waals surface area contributed by atoms with Crippen molar-refractivity contribution in [3.63, 3.8) is 0 Å². The highest BCUT2D eigenvalue weighted by atomic mass is 32.2. The van der Waals surface area contributed by atoms with Crippen molar-refractivity contribution in [2.75, 3.05) is 5.75 Å². The fraction of sp³-hybridized carbons (Fsp3) is 0.333. The number of ether oxygens (including phenoxy) is 2. The van der Waals surface area contributed by atoms with Crippen LogP contribution in [-0.2, 0) is 22.6 Å². The molecule has 5 fully saturated rings. The topological polar surface area (TPSA) is 106 Å². The first kappa shape index (κ1) is 39.0. The number of carbonyl (C=O) groups is 1. The summed E-state index contributed by atoms with van der Waals surface area (Å²) in [6.45, 7) is 0.439. The number of hydrogen-bond donors (Lipinski definition) is 3. The number of oxazole rings is 1. The van der Waals surface area contributed by atoms with E-state index in [0.29, 0.717) is 23.9 Å². The SMILES string of the molecule is O=C(NCc1ccccc1-c1ccc([C@@H]2O[C@H](CSc3nc(-c4ccccc4)c(-c4ccccc4)o3)C[C@H](c3ccc(CO)cc3)O2)cc1)NC12CC3CC(CC(C3)C1)C2. The number of nitrogens with one attached hydrogen (secondary N) is 2. The smallest absolute Gasteiger partial charge is 0.315 e. The van der Waals surface area contributed by atoms with Gasteiger partial charge in [0.05, 0.1) is 18.8 Å². The van der Waals surface area contributed by atoms with E-state index in [2.05, 4.69) is 59.2 Å². The van der Waals surface area contributed by atoms with Crippen molar-refractivity contribution in [2.24, 2.45) is 17.8 Å². The molecule has 306 valence electrons. The Morgan fingerprint density at radius 3 is 2.02 bits per heavy atom. The molecule has 9 heteroatoms. The maximum Gasteiger partial charge on any atom is 0.315 e. The molecule has 2 amide bonds. The van der Waals surface area contributed by atoms with Gasteiger partial charge in [0.1, 0.15) is 5.69 Å². The van der Waals surface area contributed by atoms with Gasteiger partial charge < -0.3 is 29.6 Å². The van der Waals surface area contributed by atoms with Crippen molar-refractivity contribution < 1.29 is 23.8 Å². The van der Waals surface area contributed by atoms with Crippen molar-refractivity contribution in [3.8, 4) is 33.7 Å². The first-order valence-electron chi connectivity index (χ1n) is 21.5. The van der Waals surface area contributed by atoms with Crippen LogP contribution in [-0.4, -0.2) is 33.5 Å². The number of rotatable bonds is 12. The average Bonchev–Trinajstić information content (AvgIpc) is 3.72. The van der Waals surface area contributed by atoms with Crippen LogP contribution in [0.15, 0.2) is 143 Å². The zero-order chi connectivity index (χ0) is 40.5. The molecular weight excluding hydrogens is 767 g/mol. The Morgan fingerprint density at radius 2 is 1.33 bits per heavy atom. The van der Waals surface area contributed by atoms with E-state index in [1.807, 2.05) is 84.9 Å². The predicted octanol–water partition coefficient (Wildman–Crippen LogP) is 11.3. The Kier molecular flexibility index (Phi) is 11.1. The molecular formula is C51H51N3O5S. The lowest BCUT2D eigenvalue weighted by molar-refractivity contribution is -0.245. The Morgan fingerprint density at radius 1 is 0.700 bits per heavy atom. The number of urea groups is 1. The van der Waals surface area contributed by atoms with Crippen LogP contribution in [0.25, 0.3) is 33.7 Å². The van der Waals surface area contributed by atoms with Gasteiger partial charge in [-0.3, -0.25) is 0 Å². The lowest BCUT2D eigenvalue weighted by Crippen LogP contribution is -2.61. The molecule has 5 aliphatic rings. The van der Waals surface area contributed by atoms with Gasteiger partial charge in [-0.25, -0.2) is 9.78 Å². The number of aliphatic hydroxyl groups is 1. The molecule has 4 saturated carbocycles. The molecule has 6 aromatic rings. The van der Waals surface area contributed by atoms with E-state index in [1.54, 1.807) is 11.8 Å². The van der Waals surface area contributed by atoms with Crippen LogP contribution in [0, 0.1) is 17.8 Å². The lowest BCUT2D eigenvalue weighted by atomic mass is 9.53. The van der Waals surface area contributed by atoms with Crippen LogP contribution < -0.4 is 10.6 Å². The Labute approximate surface area is 356 Å². The first-order valence-corrected chi connectivity index (χ1v) is 22.4. The first-order chi connectivity index (χ1) is 29.5. The number of nitrogens with zero attached hydrogens (tertiary/aromatic N) is 1. The molecule has 3 N–H and O–H groups in total. The van der Waals surface area contributed by atoms with Crippen molar-refractivity contribution in [2.45, 2.75) is 87.4 Å². The summed E-state index contributed by atoms with van der Waals surface area (Å²) < 4.78 is 19.9. The molecule has 0 spiro atoms. The number of aliphatic hydroxyl groups excluding tert-OH is 1. The number of thioether (sulfide) groups is 1. The third-order valence-electron chi connectivity index (χ3n) is 13.1. The molecule has 60 heavy (non-hydrogen) atoms. The molecule has 11 rings (SSSR count). The van der Waals surface area contributed by atoms with Crippen molar-refractivity contribution in [1.82, 2.24) is 15.6 Å². The number of hydrogen-bond acceptors (Lipinski definition) is 7. The quantitative estimate of drug-likeness (QED) is 0.106. The summed E-state index contributed by atoms with van der Waals surface area (Å²) in [5.41, 5.74) is 8.79. The standard InChI is InChI=1S/C51H51N3O5S/c55-31-33-15-17-38(18-16-33)45-26-43(32-60-50-53-46(39-9-3-1-4-10-39)47(59-50)40-11-5-2-6-12-40)57-48(58-45)41-21-19-37(20-22-41)44-14-8-7-13-42(44)30-52-49(56)54-51-27-34-23-35(28-51)25-36(24-34)29-51/h1-22,34-36,43,45,48,55H,23-32H2,(H2,52,54,56)/t34?,35?,36?,43-,45+,48+,51?/m0/s1. The number of aromatic nitrogens is 1. The molecule has 0 radical (unpaired) electrons. The van der Waals surface area contributed by atoms with Crippen LogP contribution >= 0.6 is 11.8 Å². The highest BCUT2D eigenvalue weighted by molar-refractivity contribution is 7.99. The van der Waals surface area contributed by atoms with E-state index in [-0.39, 0.29) is 30.4 Å². The minimum Gasteiger partial charge on any atom is -0.431 e. The molecule has 2 heterocycles. The Bertz CT molecular complexity index is 2310. The summed E-state index contributed by atoms with van der Waals surface area (Å²) in [7, 11) is 0. The van der Waals surface area contributed by atoms with Gasteiger partial charge in [0.15, 0.2) is 12.1 Å². The molecule has 8 nitrogen and oxygen atoms in total. The highest BCUT2D eigenvalue weighted by Crippen LogP contribution is 2.55. The molecule has 4 aliphatic carbocycles. The van der Waals surface area contributed by atoms with Gasteiger partial charge in [-0.05, 0) is 84.1 Å². The zero-order valence-electron chi connectivity index (χ0n) is 33.7. The summed E-state index contributed by atoms with van der Waals surface area (Å²) in [5.74, 6) is 3.69. The van der Waals surface area contributed by atoms with Crippen molar-refractivity contribution in [1.29, 1.82) is 0 Å². The monoisotopic (exact) mass is 817 g/mol. The maximum atomic E-state index is 13.3. The van der Waals surface area contributed by atoms with Crippen molar-refractivity contribution in [3.05, 3.63) is 156 Å². The minimum atomic E-state index is -0.601. The van der Waals surface area contributed by atoms with Crippen LogP contribution in [0.1, 0.15) is 79.6 Å². The largest absolute Gasteiger partial charge is 0.431 e. The molecule has 1 aromatic heterocycles. The van der Waals surface area contributed by atoms with E-state index in [4.69, 9.17) is 18.9 Å². The summed E-state index contributed by atoms with van der Waals surface area (Å²) in [4.78, 5) is 18.3. The average molecular weight is 818 g/mol. The van der Waals surface area contributed by atoms with Gasteiger partial charge in [0, 0.05) is 40.9 Å². The fourth-order valence-corrected chi connectivity index (χ4v) is 11.5. The van der Waals surface area contributed by atoms with Crippen LogP contribution in [0.4, 0.5) is 4.79 Å². The van der Waals surface area contributed by atoms with Crippen molar-refractivity contribution >= 4 is 17.8 Å². The van der Waals surface area contributed by atoms with Gasteiger partial charge >= 0.3 is 6.03 Å². The van der Waals surface area contributed by atoms with Gasteiger partial charge in [0.25, 0.3) is 5.22 Å². The van der Waals surface area contributed by atoms with Crippen LogP contribution in [0.2, 0.25) is 0 Å². The van der Waals surface area contributed by atoms with Crippen LogP contribution in [0.5, 0.6) is 0 Å². The molecule has 1 saturated heterocycles. The van der Waals surface area contributed by atoms with Gasteiger partial charge in [0.2, 0.25) is 0 Å². The Hall–Kier alpha value is -5.19. The normalized spacial score (nSPS) is 25.6. The third-order valence-corrected chi connectivity index (χ3v) is 14.0. The molecule has 4 bridgehead atoms. The van der Waals surface area contributed by atoms with Gasteiger partial charge in [-0.1, -0.05) is 145 Å². The molecule has 5 aromatic carbocycles. The summed E-state index contributed by atoms with van der Waals surface area (Å²) in [6.07, 6.45) is 7.10. The third kappa shape index (κ3) is 8.41. The van der Waals surface area contributed by atoms with E-state index < -0.39 is 6.29 Å². The van der Waals surface area contributed by atoms with Crippen LogP contribution in [0.3, 0.4) is 0 Å². The predicted molar refractivity (Wildman–Crippen MR) is 235 cm³/mol. The van der Waals surface area contributed by atoms with Gasteiger partial charge in [-0.15, -0.1) is 0 Å². The maximum absolute atomic E-state index is 13.3. The summed E-state index contributed by atoms with van der Waals surface area (Å²) in [6, 6.07) is 44.8. The minimum absolute atomic E-state index is 0.0104. The molecule has 3 atom stereocenters. The zero-order valence-corrected chi connectivity index (χ0v) is 34.5. The second kappa shape index (κ2) is 17.1.